The number of rotatable bonds is 10. The van der Waals surface area contributed by atoms with Crippen molar-refractivity contribution in [3.8, 4) is 0 Å². The average Bonchev–Trinajstić information content (AvgIpc) is 2.95. The number of carbonyl (C=O) groups excluding carboxylic acids is 1. The molecule has 3 aromatic rings. The molecule has 4 N–H and O–H groups in total. The first-order valence-electron chi connectivity index (χ1n) is 14.0. The van der Waals surface area contributed by atoms with E-state index < -0.39 is 16.1 Å². The van der Waals surface area contributed by atoms with Gasteiger partial charge < -0.3 is 16.4 Å². The highest BCUT2D eigenvalue weighted by Gasteiger charge is 2.40. The first-order chi connectivity index (χ1) is 19.0. The molecule has 1 fully saturated rings. The predicted octanol–water partition coefficient (Wildman–Crippen LogP) is 4.54. The summed E-state index contributed by atoms with van der Waals surface area (Å²) in [5.41, 5.74) is 10.1. The van der Waals surface area contributed by atoms with Crippen LogP contribution in [0.15, 0.2) is 71.8 Å². The number of hydrogen-bond acceptors (Lipinski definition) is 6. The molecule has 2 aromatic carbocycles. The highest BCUT2D eigenvalue weighted by molar-refractivity contribution is 7.89. The van der Waals surface area contributed by atoms with Gasteiger partial charge in [0.25, 0.3) is 0 Å². The van der Waals surface area contributed by atoms with Gasteiger partial charge >= 0.3 is 0 Å². The topological polar surface area (TPSA) is 117 Å². The number of nitrogen functional groups attached to an aromatic ring is 1. The number of carbonyl (C=O) groups is 1. The molecule has 214 valence electrons. The summed E-state index contributed by atoms with van der Waals surface area (Å²) in [6.45, 7) is 9.54. The molecule has 4 rings (SSSR count). The van der Waals surface area contributed by atoms with Crippen molar-refractivity contribution in [1.82, 2.24) is 19.9 Å². The highest BCUT2D eigenvalue weighted by Crippen LogP contribution is 2.28. The minimum absolute atomic E-state index is 0.0368. The van der Waals surface area contributed by atoms with Gasteiger partial charge in [-0.05, 0) is 71.2 Å². The Morgan fingerprint density at radius 1 is 0.950 bits per heavy atom. The van der Waals surface area contributed by atoms with Gasteiger partial charge in [0.15, 0.2) is 0 Å². The average molecular weight is 564 g/mol. The van der Waals surface area contributed by atoms with E-state index in [2.05, 4.69) is 55.4 Å². The molecule has 0 aliphatic carbocycles. The van der Waals surface area contributed by atoms with E-state index in [1.165, 1.54) is 9.87 Å². The number of benzene rings is 2. The van der Waals surface area contributed by atoms with Crippen LogP contribution in [0.5, 0.6) is 0 Å². The number of hydrogen-bond donors (Lipinski definition) is 3. The van der Waals surface area contributed by atoms with Gasteiger partial charge in [0, 0.05) is 31.9 Å². The number of amides is 1. The van der Waals surface area contributed by atoms with Crippen molar-refractivity contribution in [2.24, 2.45) is 0 Å². The summed E-state index contributed by atoms with van der Waals surface area (Å²) < 4.78 is 28.9. The molecule has 9 heteroatoms. The molecule has 0 radical (unpaired) electrons. The van der Waals surface area contributed by atoms with E-state index in [0.29, 0.717) is 43.6 Å². The number of nitrogens with two attached hydrogens (primary N) is 1. The fourth-order valence-electron chi connectivity index (χ4n) is 5.01. The van der Waals surface area contributed by atoms with Gasteiger partial charge in [-0.2, -0.15) is 4.31 Å². The van der Waals surface area contributed by atoms with Gasteiger partial charge in [-0.15, -0.1) is 0 Å². The predicted molar refractivity (Wildman–Crippen MR) is 159 cm³/mol. The molecule has 2 heterocycles. The lowest BCUT2D eigenvalue weighted by molar-refractivity contribution is -0.126. The van der Waals surface area contributed by atoms with Crippen LogP contribution >= 0.6 is 0 Å². The van der Waals surface area contributed by atoms with E-state index in [9.17, 15) is 13.2 Å². The summed E-state index contributed by atoms with van der Waals surface area (Å²) >= 11 is 0. The Morgan fingerprint density at radius 2 is 1.57 bits per heavy atom. The second-order valence-corrected chi connectivity index (χ2v) is 13.1. The Morgan fingerprint density at radius 3 is 2.17 bits per heavy atom. The van der Waals surface area contributed by atoms with E-state index in [0.717, 1.165) is 16.7 Å². The molecule has 1 aliphatic rings. The van der Waals surface area contributed by atoms with Gasteiger partial charge in [-0.3, -0.25) is 4.79 Å². The van der Waals surface area contributed by atoms with Crippen LogP contribution in [0, 0.1) is 0 Å². The number of piperidine rings is 1. The first-order valence-corrected chi connectivity index (χ1v) is 15.4. The molecular weight excluding hydrogens is 522 g/mol. The molecule has 0 bridgehead atoms. The second-order valence-electron chi connectivity index (χ2n) is 11.2. The Balaban J connectivity index is 1.52. The van der Waals surface area contributed by atoms with Crippen LogP contribution in [-0.4, -0.2) is 42.2 Å². The van der Waals surface area contributed by atoms with Crippen molar-refractivity contribution in [2.75, 3.05) is 12.3 Å². The molecule has 1 aliphatic heterocycles. The SMILES string of the molecule is CC(C)c1ccc(CNC(=O)[C@H]2C[C@H](NCc3ccnc(N)c3)CCN2S(=O)(=O)c2ccc(C(C)C)cc2)cc1. The molecule has 1 aromatic heterocycles. The van der Waals surface area contributed by atoms with E-state index in [-0.39, 0.29) is 23.4 Å². The van der Waals surface area contributed by atoms with Crippen LogP contribution in [0.3, 0.4) is 0 Å². The maximum Gasteiger partial charge on any atom is 0.243 e. The summed E-state index contributed by atoms with van der Waals surface area (Å²) in [6.07, 6.45) is 2.61. The van der Waals surface area contributed by atoms with Gasteiger partial charge in [-0.1, -0.05) is 64.1 Å². The minimum Gasteiger partial charge on any atom is -0.384 e. The Labute approximate surface area is 238 Å². The van der Waals surface area contributed by atoms with E-state index in [1.807, 2.05) is 36.4 Å². The third-order valence-corrected chi connectivity index (χ3v) is 9.49. The molecule has 1 amide bonds. The Bertz CT molecular complexity index is 1390. The number of nitrogens with zero attached hydrogens (tertiary/aromatic N) is 2. The quantitative estimate of drug-likeness (QED) is 0.333. The minimum atomic E-state index is -3.87. The number of anilines is 1. The second kappa shape index (κ2) is 12.9. The molecule has 0 unspecified atom stereocenters. The summed E-state index contributed by atoms with van der Waals surface area (Å²) in [7, 11) is -3.87. The fraction of sp³-hybridized carbons (Fsp3) is 0.419. The van der Waals surface area contributed by atoms with Crippen LogP contribution in [0.25, 0.3) is 0 Å². The van der Waals surface area contributed by atoms with Crippen LogP contribution < -0.4 is 16.4 Å². The Kier molecular flexibility index (Phi) is 9.60. The van der Waals surface area contributed by atoms with Gasteiger partial charge in [0.2, 0.25) is 15.9 Å². The smallest absolute Gasteiger partial charge is 0.243 e. The normalized spacial score (nSPS) is 18.2. The third-order valence-electron chi connectivity index (χ3n) is 7.56. The maximum atomic E-state index is 13.8. The summed E-state index contributed by atoms with van der Waals surface area (Å²) in [5, 5.41) is 6.49. The lowest BCUT2D eigenvalue weighted by atomic mass is 9.98. The van der Waals surface area contributed by atoms with Gasteiger partial charge in [-0.25, -0.2) is 13.4 Å². The lowest BCUT2D eigenvalue weighted by Gasteiger charge is -2.38. The van der Waals surface area contributed by atoms with Gasteiger partial charge in [0.1, 0.15) is 11.9 Å². The zero-order valence-corrected chi connectivity index (χ0v) is 24.6. The lowest BCUT2D eigenvalue weighted by Crippen LogP contribution is -2.56. The zero-order valence-electron chi connectivity index (χ0n) is 23.8. The summed E-state index contributed by atoms with van der Waals surface area (Å²) in [6, 6.07) is 18.0. The monoisotopic (exact) mass is 563 g/mol. The number of aromatic nitrogens is 1. The van der Waals surface area contributed by atoms with Crippen molar-refractivity contribution >= 4 is 21.7 Å². The largest absolute Gasteiger partial charge is 0.384 e. The van der Waals surface area contributed by atoms with Gasteiger partial charge in [0.05, 0.1) is 4.90 Å². The van der Waals surface area contributed by atoms with E-state index in [1.54, 1.807) is 18.3 Å². The molecule has 1 saturated heterocycles. The van der Waals surface area contributed by atoms with Crippen molar-refractivity contribution < 1.29 is 13.2 Å². The van der Waals surface area contributed by atoms with E-state index >= 15 is 0 Å². The Hall–Kier alpha value is -3.27. The maximum absolute atomic E-state index is 13.8. The van der Waals surface area contributed by atoms with Crippen LogP contribution in [-0.2, 0) is 27.9 Å². The van der Waals surface area contributed by atoms with Crippen LogP contribution in [0.1, 0.15) is 74.6 Å². The standard InChI is InChI=1S/C31H41N5O3S/c1-21(2)25-7-5-23(6-8-25)19-35-31(37)29-18-27(34-20-24-13-15-33-30(32)17-24)14-16-36(29)40(38,39)28-11-9-26(10-12-28)22(3)4/h5-13,15,17,21-22,27,29,34H,14,16,18-20H2,1-4H3,(H2,32,33)(H,35,37)/t27-,29-/m1/s1. The molecule has 8 nitrogen and oxygen atoms in total. The van der Waals surface area contributed by atoms with E-state index in [4.69, 9.17) is 5.73 Å². The van der Waals surface area contributed by atoms with Crippen molar-refractivity contribution in [1.29, 1.82) is 0 Å². The highest BCUT2D eigenvalue weighted by atomic mass is 32.2. The first kappa shape index (κ1) is 29.7. The number of nitrogens with one attached hydrogen (secondary N) is 2. The summed E-state index contributed by atoms with van der Waals surface area (Å²) in [5.74, 6) is 0.868. The van der Waals surface area contributed by atoms with Crippen molar-refractivity contribution in [2.45, 2.75) is 82.4 Å². The summed E-state index contributed by atoms with van der Waals surface area (Å²) in [4.78, 5) is 17.8. The van der Waals surface area contributed by atoms with Crippen LogP contribution in [0.4, 0.5) is 5.82 Å². The van der Waals surface area contributed by atoms with Crippen LogP contribution in [0.2, 0.25) is 0 Å². The van der Waals surface area contributed by atoms with Crippen molar-refractivity contribution in [3.63, 3.8) is 0 Å². The molecular formula is C31H41N5O3S. The molecule has 0 saturated carbocycles. The molecule has 40 heavy (non-hydrogen) atoms. The zero-order chi connectivity index (χ0) is 28.9. The fourth-order valence-corrected chi connectivity index (χ4v) is 6.62. The third kappa shape index (κ3) is 7.27. The number of pyridine rings is 1. The van der Waals surface area contributed by atoms with Crippen molar-refractivity contribution in [3.05, 3.63) is 89.1 Å². The molecule has 2 atom stereocenters. The molecule has 0 spiro atoms. The number of sulfonamides is 1.